The molecule has 0 amide bonds. The average molecular weight is 400 g/mol. The number of hydrogen-bond acceptors (Lipinski definition) is 4. The Balaban J connectivity index is 1.65. The van der Waals surface area contributed by atoms with Gasteiger partial charge in [0.1, 0.15) is 5.39 Å². The standard InChI is InChI=1S/C18H18BrN5O/c1-9-5-12(19)6-10(2)15(9)24-8-13-16(22-24)20-18(21-17(13)25)23-4-3-11-7-14(11)23/h5-6,8,11,14H,3-4,7H2,1-2H3,(H,20,21,22,25). The van der Waals surface area contributed by atoms with Crippen LogP contribution >= 0.6 is 15.9 Å². The SMILES string of the molecule is Cc1cc(Br)cc(C)c1-n1cc2c(=O)[nH]c(N3CCC4CC43)nc2n1. The Morgan fingerprint density at radius 1 is 1.28 bits per heavy atom. The summed E-state index contributed by atoms with van der Waals surface area (Å²) in [5.74, 6) is 1.45. The van der Waals surface area contributed by atoms with Crippen molar-refractivity contribution >= 4 is 32.9 Å². The minimum atomic E-state index is -0.122. The van der Waals surface area contributed by atoms with E-state index in [9.17, 15) is 4.79 Å². The molecule has 2 atom stereocenters. The van der Waals surface area contributed by atoms with Gasteiger partial charge in [0, 0.05) is 23.3 Å². The van der Waals surface area contributed by atoms with Gasteiger partial charge in [-0.1, -0.05) is 15.9 Å². The second-order valence-corrected chi connectivity index (χ2v) is 8.05. The molecular formula is C18H18BrN5O. The number of nitrogens with one attached hydrogen (secondary N) is 1. The summed E-state index contributed by atoms with van der Waals surface area (Å²) in [5.41, 5.74) is 3.56. The quantitative estimate of drug-likeness (QED) is 0.718. The van der Waals surface area contributed by atoms with Crippen molar-refractivity contribution in [1.29, 1.82) is 0 Å². The molecule has 1 saturated heterocycles. The number of rotatable bonds is 2. The Labute approximate surface area is 153 Å². The van der Waals surface area contributed by atoms with E-state index in [2.05, 4.69) is 48.0 Å². The molecule has 7 heteroatoms. The molecule has 6 nitrogen and oxygen atoms in total. The Morgan fingerprint density at radius 2 is 2.04 bits per heavy atom. The third kappa shape index (κ3) is 2.33. The number of fused-ring (bicyclic) bond motifs is 2. The highest BCUT2D eigenvalue weighted by molar-refractivity contribution is 9.10. The van der Waals surface area contributed by atoms with E-state index in [1.165, 1.54) is 12.8 Å². The molecule has 1 aliphatic carbocycles. The topological polar surface area (TPSA) is 66.8 Å². The second kappa shape index (κ2) is 5.17. The van der Waals surface area contributed by atoms with Crippen LogP contribution in [0.5, 0.6) is 0 Å². The van der Waals surface area contributed by atoms with E-state index in [4.69, 9.17) is 0 Å². The molecule has 1 N–H and O–H groups in total. The second-order valence-electron chi connectivity index (χ2n) is 7.13. The van der Waals surface area contributed by atoms with Crippen LogP contribution < -0.4 is 10.5 Å². The first-order chi connectivity index (χ1) is 12.0. The Hall–Kier alpha value is -2.15. The van der Waals surface area contributed by atoms with Gasteiger partial charge in [-0.25, -0.2) is 4.68 Å². The summed E-state index contributed by atoms with van der Waals surface area (Å²) in [5, 5.41) is 5.13. The lowest BCUT2D eigenvalue weighted by Gasteiger charge is -2.17. The molecule has 1 aliphatic heterocycles. The number of nitrogens with zero attached hydrogens (tertiary/aromatic N) is 4. The molecule has 25 heavy (non-hydrogen) atoms. The van der Waals surface area contributed by atoms with Gasteiger partial charge in [-0.05, 0) is 55.9 Å². The van der Waals surface area contributed by atoms with Crippen LogP contribution in [0.3, 0.4) is 0 Å². The molecule has 1 aromatic carbocycles. The molecule has 0 radical (unpaired) electrons. The number of aryl methyl sites for hydroxylation is 2. The zero-order valence-corrected chi connectivity index (χ0v) is 15.7. The maximum absolute atomic E-state index is 12.6. The van der Waals surface area contributed by atoms with Crippen LogP contribution in [-0.2, 0) is 0 Å². The first kappa shape index (κ1) is 15.1. The van der Waals surface area contributed by atoms with Gasteiger partial charge in [0.25, 0.3) is 5.56 Å². The fourth-order valence-electron chi connectivity index (χ4n) is 4.08. The molecule has 1 saturated carbocycles. The predicted molar refractivity (Wildman–Crippen MR) is 101 cm³/mol. The zero-order valence-electron chi connectivity index (χ0n) is 14.1. The van der Waals surface area contributed by atoms with Crippen molar-refractivity contribution < 1.29 is 0 Å². The number of H-pyrrole nitrogens is 1. The Morgan fingerprint density at radius 3 is 2.68 bits per heavy atom. The van der Waals surface area contributed by atoms with Crippen LogP contribution in [0.2, 0.25) is 0 Å². The lowest BCUT2D eigenvalue weighted by Crippen LogP contribution is -2.27. The van der Waals surface area contributed by atoms with Crippen molar-refractivity contribution in [3.8, 4) is 5.69 Å². The third-order valence-electron chi connectivity index (χ3n) is 5.36. The highest BCUT2D eigenvalue weighted by Crippen LogP contribution is 2.45. The number of hydrogen-bond donors (Lipinski definition) is 1. The van der Waals surface area contributed by atoms with Gasteiger partial charge in [-0.15, -0.1) is 5.10 Å². The van der Waals surface area contributed by atoms with Crippen molar-refractivity contribution in [2.45, 2.75) is 32.7 Å². The molecular weight excluding hydrogens is 382 g/mol. The normalized spacial score (nSPS) is 21.8. The van der Waals surface area contributed by atoms with Gasteiger partial charge in [-0.2, -0.15) is 4.98 Å². The molecule has 5 rings (SSSR count). The maximum Gasteiger partial charge on any atom is 0.263 e. The fourth-order valence-corrected chi connectivity index (χ4v) is 4.76. The number of piperidine rings is 1. The van der Waals surface area contributed by atoms with E-state index in [1.807, 2.05) is 13.8 Å². The Kier molecular flexibility index (Phi) is 3.13. The van der Waals surface area contributed by atoms with E-state index in [1.54, 1.807) is 10.9 Å². The van der Waals surface area contributed by atoms with Gasteiger partial charge < -0.3 is 4.90 Å². The fraction of sp³-hybridized carbons (Fsp3) is 0.389. The van der Waals surface area contributed by atoms with Crippen molar-refractivity contribution in [2.24, 2.45) is 5.92 Å². The highest BCUT2D eigenvalue weighted by Gasteiger charge is 2.47. The highest BCUT2D eigenvalue weighted by atomic mass is 79.9. The molecule has 2 aromatic heterocycles. The lowest BCUT2D eigenvalue weighted by molar-refractivity contribution is 0.782. The molecule has 0 spiro atoms. The van der Waals surface area contributed by atoms with E-state index in [0.29, 0.717) is 23.0 Å². The minimum Gasteiger partial charge on any atom is -0.339 e. The smallest absolute Gasteiger partial charge is 0.263 e. The summed E-state index contributed by atoms with van der Waals surface area (Å²) in [6.07, 6.45) is 4.18. The Bertz CT molecular complexity index is 1050. The van der Waals surface area contributed by atoms with E-state index in [0.717, 1.165) is 33.7 Å². The number of benzene rings is 1. The van der Waals surface area contributed by atoms with E-state index < -0.39 is 0 Å². The number of aromatic amines is 1. The van der Waals surface area contributed by atoms with Crippen LogP contribution in [0.15, 0.2) is 27.6 Å². The molecule has 3 aromatic rings. The van der Waals surface area contributed by atoms with Gasteiger partial charge in [-0.3, -0.25) is 9.78 Å². The van der Waals surface area contributed by atoms with Crippen LogP contribution in [-0.4, -0.2) is 32.3 Å². The van der Waals surface area contributed by atoms with Gasteiger partial charge in [0.05, 0.1) is 5.69 Å². The van der Waals surface area contributed by atoms with E-state index >= 15 is 0 Å². The summed E-state index contributed by atoms with van der Waals surface area (Å²) >= 11 is 3.52. The number of aromatic nitrogens is 4. The van der Waals surface area contributed by atoms with Crippen molar-refractivity contribution in [3.05, 3.63) is 44.3 Å². The summed E-state index contributed by atoms with van der Waals surface area (Å²) in [6, 6.07) is 4.66. The van der Waals surface area contributed by atoms with Crippen molar-refractivity contribution in [3.63, 3.8) is 0 Å². The molecule has 3 heterocycles. The summed E-state index contributed by atoms with van der Waals surface area (Å²) in [6.45, 7) is 5.05. The van der Waals surface area contributed by atoms with Crippen molar-refractivity contribution in [2.75, 3.05) is 11.4 Å². The van der Waals surface area contributed by atoms with Crippen molar-refractivity contribution in [1.82, 2.24) is 19.7 Å². The molecule has 2 fully saturated rings. The van der Waals surface area contributed by atoms with Crippen LogP contribution in [0.1, 0.15) is 24.0 Å². The largest absolute Gasteiger partial charge is 0.339 e. The summed E-state index contributed by atoms with van der Waals surface area (Å²) in [7, 11) is 0. The van der Waals surface area contributed by atoms with E-state index in [-0.39, 0.29) is 5.56 Å². The van der Waals surface area contributed by atoms with Gasteiger partial charge in [0.2, 0.25) is 5.95 Å². The maximum atomic E-state index is 12.6. The number of halogens is 1. The van der Waals surface area contributed by atoms with Gasteiger partial charge in [0.15, 0.2) is 5.65 Å². The lowest BCUT2D eigenvalue weighted by atomic mass is 10.1. The first-order valence-corrected chi connectivity index (χ1v) is 9.34. The summed E-state index contributed by atoms with van der Waals surface area (Å²) in [4.78, 5) is 22.4. The third-order valence-corrected chi connectivity index (χ3v) is 5.82. The minimum absolute atomic E-state index is 0.122. The summed E-state index contributed by atoms with van der Waals surface area (Å²) < 4.78 is 2.81. The van der Waals surface area contributed by atoms with Gasteiger partial charge >= 0.3 is 0 Å². The molecule has 128 valence electrons. The monoisotopic (exact) mass is 399 g/mol. The predicted octanol–water partition coefficient (Wildman–Crippen LogP) is 3.09. The average Bonchev–Trinajstić information content (AvgIpc) is 2.99. The number of anilines is 1. The van der Waals surface area contributed by atoms with Crippen LogP contribution in [0.4, 0.5) is 5.95 Å². The van der Waals surface area contributed by atoms with Crippen LogP contribution in [0, 0.1) is 19.8 Å². The first-order valence-electron chi connectivity index (χ1n) is 8.55. The molecule has 2 unspecified atom stereocenters. The van der Waals surface area contributed by atoms with Crippen LogP contribution in [0.25, 0.3) is 16.7 Å². The zero-order chi connectivity index (χ0) is 17.3. The molecule has 0 bridgehead atoms. The molecule has 2 aliphatic rings.